The Morgan fingerprint density at radius 3 is 2.83 bits per heavy atom. The Morgan fingerprint density at radius 2 is 2.14 bits per heavy atom. The van der Waals surface area contributed by atoms with Crippen LogP contribution in [0.1, 0.15) is 45.4 Å². The molecule has 1 saturated heterocycles. The van der Waals surface area contributed by atoms with Gasteiger partial charge in [0.15, 0.2) is 11.0 Å². The number of thiophene rings is 1. The molecule has 0 bridgehead atoms. The average molecular weight is 435 g/mol. The highest BCUT2D eigenvalue weighted by Crippen LogP contribution is 2.30. The zero-order chi connectivity index (χ0) is 20.2. The molecule has 2 fully saturated rings. The predicted molar refractivity (Wildman–Crippen MR) is 117 cm³/mol. The molecular weight excluding hydrogens is 404 g/mol. The average Bonchev–Trinajstić information content (AvgIpc) is 3.49. The van der Waals surface area contributed by atoms with Crippen LogP contribution in [0.25, 0.3) is 10.7 Å². The van der Waals surface area contributed by atoms with Gasteiger partial charge in [-0.3, -0.25) is 9.36 Å². The van der Waals surface area contributed by atoms with E-state index in [0.29, 0.717) is 11.8 Å². The number of hydrogen-bond donors (Lipinski definition) is 0. The van der Waals surface area contributed by atoms with Crippen LogP contribution in [0.2, 0.25) is 0 Å². The summed E-state index contributed by atoms with van der Waals surface area (Å²) in [5.41, 5.74) is 0. The van der Waals surface area contributed by atoms with E-state index in [9.17, 15) is 4.79 Å². The third-order valence-corrected chi connectivity index (χ3v) is 7.94. The van der Waals surface area contributed by atoms with Crippen LogP contribution in [0.4, 0.5) is 0 Å². The van der Waals surface area contributed by atoms with Crippen molar-refractivity contribution in [2.45, 2.75) is 69.3 Å². The van der Waals surface area contributed by atoms with Crippen molar-refractivity contribution < 1.29 is 9.53 Å². The lowest BCUT2D eigenvalue weighted by molar-refractivity contribution is -0.129. The highest BCUT2D eigenvalue weighted by molar-refractivity contribution is 7.99. The van der Waals surface area contributed by atoms with Crippen molar-refractivity contribution in [3.63, 3.8) is 0 Å². The number of carbonyl (C=O) groups excluding carboxylic acids is 1. The maximum atomic E-state index is 12.8. The Bertz CT molecular complexity index is 794. The largest absolute Gasteiger partial charge is 0.376 e. The summed E-state index contributed by atoms with van der Waals surface area (Å²) in [7, 11) is 1.96. The van der Waals surface area contributed by atoms with Crippen LogP contribution in [0.15, 0.2) is 22.7 Å². The van der Waals surface area contributed by atoms with Gasteiger partial charge in [-0.05, 0) is 55.9 Å². The number of nitrogens with zero attached hydrogens (tertiary/aromatic N) is 4. The monoisotopic (exact) mass is 434 g/mol. The Labute approximate surface area is 181 Å². The van der Waals surface area contributed by atoms with Crippen LogP contribution >= 0.6 is 23.1 Å². The van der Waals surface area contributed by atoms with Gasteiger partial charge in [-0.15, -0.1) is 21.5 Å². The molecule has 0 radical (unpaired) electrons. The molecule has 0 spiro atoms. The molecule has 1 saturated carbocycles. The lowest BCUT2D eigenvalue weighted by atomic mass is 9.87. The number of thioether (sulfide) groups is 1. The molecular formula is C21H30N4O2S2. The number of carbonyl (C=O) groups is 1. The van der Waals surface area contributed by atoms with E-state index in [1.165, 1.54) is 24.6 Å². The minimum atomic E-state index is 0.180. The first-order valence-corrected chi connectivity index (χ1v) is 12.5. The zero-order valence-corrected chi connectivity index (χ0v) is 18.9. The molecule has 3 heterocycles. The molecule has 1 aliphatic heterocycles. The summed E-state index contributed by atoms with van der Waals surface area (Å²) >= 11 is 3.16. The maximum Gasteiger partial charge on any atom is 0.233 e. The second-order valence-corrected chi connectivity index (χ2v) is 10.1. The van der Waals surface area contributed by atoms with E-state index in [0.717, 1.165) is 60.6 Å². The van der Waals surface area contributed by atoms with Crippen LogP contribution in [0.3, 0.4) is 0 Å². The molecule has 0 N–H and O–H groups in total. The van der Waals surface area contributed by atoms with Gasteiger partial charge in [-0.2, -0.15) is 0 Å². The molecule has 6 nitrogen and oxygen atoms in total. The van der Waals surface area contributed by atoms with Crippen LogP contribution in [0, 0.1) is 5.92 Å². The van der Waals surface area contributed by atoms with Crippen molar-refractivity contribution in [1.29, 1.82) is 0 Å². The molecule has 2 aromatic heterocycles. The van der Waals surface area contributed by atoms with E-state index in [2.05, 4.69) is 33.1 Å². The van der Waals surface area contributed by atoms with E-state index in [1.807, 2.05) is 18.0 Å². The molecule has 0 aromatic carbocycles. The van der Waals surface area contributed by atoms with Crippen molar-refractivity contribution in [3.05, 3.63) is 17.5 Å². The topological polar surface area (TPSA) is 60.2 Å². The van der Waals surface area contributed by atoms with Gasteiger partial charge in [0, 0.05) is 19.7 Å². The van der Waals surface area contributed by atoms with Gasteiger partial charge < -0.3 is 9.64 Å². The van der Waals surface area contributed by atoms with E-state index >= 15 is 0 Å². The lowest BCUT2D eigenvalue weighted by Crippen LogP contribution is -2.40. The third-order valence-electron chi connectivity index (χ3n) is 6.12. The minimum Gasteiger partial charge on any atom is -0.376 e. The van der Waals surface area contributed by atoms with Crippen molar-refractivity contribution in [2.75, 3.05) is 19.4 Å². The molecule has 158 valence electrons. The first-order valence-electron chi connectivity index (χ1n) is 10.6. The Hall–Kier alpha value is -1.38. The van der Waals surface area contributed by atoms with E-state index < -0.39 is 0 Å². The smallest absolute Gasteiger partial charge is 0.233 e. The highest BCUT2D eigenvalue weighted by atomic mass is 32.2. The summed E-state index contributed by atoms with van der Waals surface area (Å²) in [6, 6.07) is 4.48. The molecule has 1 unspecified atom stereocenters. The van der Waals surface area contributed by atoms with Gasteiger partial charge in [0.25, 0.3) is 0 Å². The molecule has 4 rings (SSSR count). The van der Waals surface area contributed by atoms with Crippen molar-refractivity contribution in [1.82, 2.24) is 19.7 Å². The van der Waals surface area contributed by atoms with Gasteiger partial charge in [-0.25, -0.2) is 0 Å². The van der Waals surface area contributed by atoms with Gasteiger partial charge in [0.05, 0.1) is 23.3 Å². The van der Waals surface area contributed by atoms with Crippen LogP contribution in [0.5, 0.6) is 0 Å². The standard InChI is InChI=1S/C21H30N4O2S2/c1-15-7-9-16(10-8-15)24(2)19(26)14-29-21-23-22-20(18-6-4-12-28-18)25(21)13-17-5-3-11-27-17/h4,6,12,15-17H,3,5,7-11,13-14H2,1-2H3. The van der Waals surface area contributed by atoms with E-state index in [4.69, 9.17) is 4.74 Å². The molecule has 2 aliphatic rings. The summed E-state index contributed by atoms with van der Waals surface area (Å²) in [4.78, 5) is 15.9. The van der Waals surface area contributed by atoms with Gasteiger partial charge >= 0.3 is 0 Å². The summed E-state index contributed by atoms with van der Waals surface area (Å²) < 4.78 is 7.99. The van der Waals surface area contributed by atoms with E-state index in [-0.39, 0.29) is 12.0 Å². The molecule has 2 aromatic rings. The first kappa shape index (κ1) is 20.9. The molecule has 1 aliphatic carbocycles. The molecule has 8 heteroatoms. The number of hydrogen-bond acceptors (Lipinski definition) is 6. The minimum absolute atomic E-state index is 0.180. The molecule has 1 amide bonds. The zero-order valence-electron chi connectivity index (χ0n) is 17.2. The first-order chi connectivity index (χ1) is 14.1. The quantitative estimate of drug-likeness (QED) is 0.608. The molecule has 1 atom stereocenters. The Kier molecular flexibility index (Phi) is 6.92. The second-order valence-electron chi connectivity index (χ2n) is 8.24. The molecule has 29 heavy (non-hydrogen) atoms. The summed E-state index contributed by atoms with van der Waals surface area (Å²) in [5, 5.41) is 11.7. The number of ether oxygens (including phenoxy) is 1. The normalized spacial score (nSPS) is 24.7. The Balaban J connectivity index is 1.43. The van der Waals surface area contributed by atoms with Crippen molar-refractivity contribution in [3.8, 4) is 10.7 Å². The van der Waals surface area contributed by atoms with Crippen molar-refractivity contribution in [2.24, 2.45) is 5.92 Å². The van der Waals surface area contributed by atoms with Crippen LogP contribution in [-0.2, 0) is 16.1 Å². The van der Waals surface area contributed by atoms with E-state index in [1.54, 1.807) is 11.3 Å². The Morgan fingerprint density at radius 1 is 1.31 bits per heavy atom. The third kappa shape index (κ3) is 5.03. The van der Waals surface area contributed by atoms with Gasteiger partial charge in [0.1, 0.15) is 0 Å². The lowest BCUT2D eigenvalue weighted by Gasteiger charge is -2.33. The number of rotatable bonds is 7. The van der Waals surface area contributed by atoms with Gasteiger partial charge in [0.2, 0.25) is 5.91 Å². The second kappa shape index (κ2) is 9.62. The summed E-state index contributed by atoms with van der Waals surface area (Å²) in [5.74, 6) is 2.24. The SMILES string of the molecule is CC1CCC(N(C)C(=O)CSc2nnc(-c3cccs3)n2CC2CCCO2)CC1. The van der Waals surface area contributed by atoms with Crippen LogP contribution in [-0.4, -0.2) is 57.1 Å². The summed E-state index contributed by atoms with van der Waals surface area (Å²) in [6.45, 7) is 3.87. The predicted octanol–water partition coefficient (Wildman–Crippen LogP) is 4.31. The summed E-state index contributed by atoms with van der Waals surface area (Å²) in [6.07, 6.45) is 7.04. The fourth-order valence-corrected chi connectivity index (χ4v) is 5.79. The van der Waals surface area contributed by atoms with Crippen LogP contribution < -0.4 is 0 Å². The fraction of sp³-hybridized carbons (Fsp3) is 0.667. The van der Waals surface area contributed by atoms with Gasteiger partial charge in [-0.1, -0.05) is 24.8 Å². The fourth-order valence-electron chi connectivity index (χ4n) is 4.20. The number of aromatic nitrogens is 3. The highest BCUT2D eigenvalue weighted by Gasteiger charge is 2.26. The van der Waals surface area contributed by atoms with Crippen molar-refractivity contribution >= 4 is 29.0 Å². The number of amides is 1. The maximum absolute atomic E-state index is 12.8.